The predicted molar refractivity (Wildman–Crippen MR) is 118 cm³/mol. The van der Waals surface area contributed by atoms with Gasteiger partial charge in [-0.15, -0.1) is 0 Å². The molecule has 5 nitrogen and oxygen atoms in total. The standard InChI is InChI=1S/C21H11ClFNO4S2/c22-16-6-4-11(8-15(16)20(26)27)17-7-5-14(28-17)10-18-19(25)24(21(29)30-18)13-3-1-2-12(23)9-13/h1-10H,(H,26,27)/b18-10+. The van der Waals surface area contributed by atoms with Crippen LogP contribution < -0.4 is 4.90 Å². The molecule has 1 saturated heterocycles. The highest BCUT2D eigenvalue weighted by Gasteiger charge is 2.33. The molecule has 1 aromatic heterocycles. The molecule has 2 aromatic carbocycles. The van der Waals surface area contributed by atoms with Crippen molar-refractivity contribution in [3.05, 3.63) is 81.7 Å². The van der Waals surface area contributed by atoms with E-state index in [0.29, 0.717) is 27.7 Å². The third kappa shape index (κ3) is 3.89. The summed E-state index contributed by atoms with van der Waals surface area (Å²) in [5, 5.41) is 9.34. The lowest BCUT2D eigenvalue weighted by Crippen LogP contribution is -2.27. The molecule has 0 saturated carbocycles. The first-order chi connectivity index (χ1) is 14.3. The van der Waals surface area contributed by atoms with Gasteiger partial charge in [0.25, 0.3) is 5.91 Å². The Morgan fingerprint density at radius 1 is 1.20 bits per heavy atom. The number of carboxylic acids is 1. The molecule has 4 rings (SSSR count). The van der Waals surface area contributed by atoms with Crippen molar-refractivity contribution in [3.63, 3.8) is 0 Å². The van der Waals surface area contributed by atoms with Crippen molar-refractivity contribution >= 4 is 63.5 Å². The Kier molecular flexibility index (Phi) is 5.46. The summed E-state index contributed by atoms with van der Waals surface area (Å²) in [4.78, 5) is 25.6. The van der Waals surface area contributed by atoms with Crippen molar-refractivity contribution in [3.8, 4) is 11.3 Å². The number of benzene rings is 2. The van der Waals surface area contributed by atoms with Crippen LogP contribution in [0.15, 0.2) is 63.9 Å². The van der Waals surface area contributed by atoms with Gasteiger partial charge in [-0.1, -0.05) is 41.6 Å². The fraction of sp³-hybridized carbons (Fsp3) is 0. The van der Waals surface area contributed by atoms with Crippen molar-refractivity contribution in [2.75, 3.05) is 4.90 Å². The van der Waals surface area contributed by atoms with E-state index in [0.717, 1.165) is 11.8 Å². The lowest BCUT2D eigenvalue weighted by Gasteiger charge is -2.14. The van der Waals surface area contributed by atoms with Crippen molar-refractivity contribution in [1.29, 1.82) is 0 Å². The van der Waals surface area contributed by atoms with Gasteiger partial charge >= 0.3 is 5.97 Å². The minimum absolute atomic E-state index is 0.0388. The molecular formula is C21H11ClFNO4S2. The number of furan rings is 1. The number of carboxylic acid groups (broad SMARTS) is 1. The molecule has 3 aromatic rings. The van der Waals surface area contributed by atoms with E-state index >= 15 is 0 Å². The second-order valence-electron chi connectivity index (χ2n) is 6.20. The number of amides is 1. The second-order valence-corrected chi connectivity index (χ2v) is 8.28. The number of anilines is 1. The quantitative estimate of drug-likeness (QED) is 0.390. The maximum absolute atomic E-state index is 13.5. The summed E-state index contributed by atoms with van der Waals surface area (Å²) >= 11 is 12.3. The Bertz CT molecular complexity index is 1240. The number of nitrogens with zero attached hydrogens (tertiary/aromatic N) is 1. The Labute approximate surface area is 184 Å². The van der Waals surface area contributed by atoms with Gasteiger partial charge in [-0.2, -0.15) is 0 Å². The number of carbonyl (C=O) groups is 2. The minimum Gasteiger partial charge on any atom is -0.478 e. The van der Waals surface area contributed by atoms with E-state index in [2.05, 4.69) is 0 Å². The van der Waals surface area contributed by atoms with E-state index in [1.165, 1.54) is 41.3 Å². The Balaban J connectivity index is 1.62. The lowest BCUT2D eigenvalue weighted by atomic mass is 10.1. The van der Waals surface area contributed by atoms with Crippen LogP contribution >= 0.6 is 35.6 Å². The first kappa shape index (κ1) is 20.3. The van der Waals surface area contributed by atoms with Crippen LogP contribution in [0.5, 0.6) is 0 Å². The molecular weight excluding hydrogens is 449 g/mol. The lowest BCUT2D eigenvalue weighted by molar-refractivity contribution is -0.113. The summed E-state index contributed by atoms with van der Waals surface area (Å²) in [6, 6.07) is 13.5. The van der Waals surface area contributed by atoms with Crippen LogP contribution in [0, 0.1) is 5.82 Å². The van der Waals surface area contributed by atoms with E-state index in [9.17, 15) is 19.1 Å². The normalized spacial score (nSPS) is 15.3. The number of rotatable bonds is 4. The summed E-state index contributed by atoms with van der Waals surface area (Å²) < 4.78 is 19.6. The number of hydrogen-bond acceptors (Lipinski definition) is 5. The molecule has 0 aliphatic carbocycles. The predicted octanol–water partition coefficient (Wildman–Crippen LogP) is 5.84. The van der Waals surface area contributed by atoms with Gasteiger partial charge in [0.05, 0.1) is 21.2 Å². The number of carbonyl (C=O) groups excluding carboxylic acids is 1. The zero-order valence-corrected chi connectivity index (χ0v) is 17.4. The molecule has 0 bridgehead atoms. The van der Waals surface area contributed by atoms with Crippen molar-refractivity contribution in [1.82, 2.24) is 0 Å². The maximum Gasteiger partial charge on any atom is 0.337 e. The Hall–Kier alpha value is -2.94. The second kappa shape index (κ2) is 8.06. The van der Waals surface area contributed by atoms with E-state index in [4.69, 9.17) is 28.2 Å². The van der Waals surface area contributed by atoms with E-state index in [1.807, 2.05) is 0 Å². The summed E-state index contributed by atoms with van der Waals surface area (Å²) in [5.41, 5.74) is 0.843. The van der Waals surface area contributed by atoms with E-state index in [1.54, 1.807) is 24.3 Å². The van der Waals surface area contributed by atoms with Gasteiger partial charge < -0.3 is 9.52 Å². The third-order valence-corrected chi connectivity index (χ3v) is 5.87. The smallest absolute Gasteiger partial charge is 0.337 e. The molecule has 9 heteroatoms. The van der Waals surface area contributed by atoms with Crippen molar-refractivity contribution < 1.29 is 23.5 Å². The Morgan fingerprint density at radius 2 is 2.00 bits per heavy atom. The van der Waals surface area contributed by atoms with Gasteiger partial charge in [0.15, 0.2) is 4.32 Å². The molecule has 1 amide bonds. The average Bonchev–Trinajstić information content (AvgIpc) is 3.26. The summed E-state index contributed by atoms with van der Waals surface area (Å²) in [6.45, 7) is 0. The van der Waals surface area contributed by atoms with Gasteiger partial charge in [0.2, 0.25) is 0 Å². The van der Waals surface area contributed by atoms with Crippen LogP contribution in [0.3, 0.4) is 0 Å². The molecule has 0 unspecified atom stereocenters. The number of halogens is 2. The highest BCUT2D eigenvalue weighted by molar-refractivity contribution is 8.27. The molecule has 0 radical (unpaired) electrons. The topological polar surface area (TPSA) is 70.8 Å². The van der Waals surface area contributed by atoms with Crippen LogP contribution in [0.4, 0.5) is 10.1 Å². The highest BCUT2D eigenvalue weighted by Crippen LogP contribution is 2.37. The Morgan fingerprint density at radius 3 is 2.73 bits per heavy atom. The molecule has 150 valence electrons. The monoisotopic (exact) mass is 459 g/mol. The first-order valence-corrected chi connectivity index (χ1v) is 10.1. The number of thiocarbonyl (C=S) groups is 1. The molecule has 30 heavy (non-hydrogen) atoms. The van der Waals surface area contributed by atoms with E-state index < -0.39 is 11.8 Å². The van der Waals surface area contributed by atoms with Crippen molar-refractivity contribution in [2.24, 2.45) is 0 Å². The maximum atomic E-state index is 13.5. The van der Waals surface area contributed by atoms with Gasteiger partial charge in [0.1, 0.15) is 17.3 Å². The summed E-state index contributed by atoms with van der Waals surface area (Å²) in [6.07, 6.45) is 1.54. The highest BCUT2D eigenvalue weighted by atomic mass is 35.5. The molecule has 0 spiro atoms. The summed E-state index contributed by atoms with van der Waals surface area (Å²) in [5.74, 6) is -1.19. The zero-order valence-electron chi connectivity index (χ0n) is 15.0. The van der Waals surface area contributed by atoms with Gasteiger partial charge in [0, 0.05) is 11.6 Å². The van der Waals surface area contributed by atoms with Gasteiger partial charge in [-0.25, -0.2) is 9.18 Å². The largest absolute Gasteiger partial charge is 0.478 e. The minimum atomic E-state index is -1.14. The fourth-order valence-electron chi connectivity index (χ4n) is 2.86. The molecule has 2 heterocycles. The van der Waals surface area contributed by atoms with E-state index in [-0.39, 0.29) is 20.8 Å². The number of aromatic carboxylic acids is 1. The molecule has 1 aliphatic heterocycles. The SMILES string of the molecule is O=C(O)c1cc(-c2ccc(/C=C3/SC(=S)N(c4cccc(F)c4)C3=O)o2)ccc1Cl. The third-order valence-electron chi connectivity index (χ3n) is 4.24. The average molecular weight is 460 g/mol. The zero-order chi connectivity index (χ0) is 21.4. The fourth-order valence-corrected chi connectivity index (χ4v) is 4.34. The number of hydrogen-bond donors (Lipinski definition) is 1. The van der Waals surface area contributed by atoms with Gasteiger partial charge in [-0.3, -0.25) is 9.69 Å². The van der Waals surface area contributed by atoms with Crippen LogP contribution in [0.25, 0.3) is 17.4 Å². The molecule has 1 aliphatic rings. The van der Waals surface area contributed by atoms with Crippen LogP contribution in [-0.2, 0) is 4.79 Å². The first-order valence-electron chi connectivity index (χ1n) is 8.50. The van der Waals surface area contributed by atoms with Crippen LogP contribution in [0.1, 0.15) is 16.1 Å². The van der Waals surface area contributed by atoms with Crippen molar-refractivity contribution in [2.45, 2.75) is 0 Å². The van der Waals surface area contributed by atoms with Crippen LogP contribution in [-0.4, -0.2) is 21.3 Å². The summed E-state index contributed by atoms with van der Waals surface area (Å²) in [7, 11) is 0. The van der Waals surface area contributed by atoms with Gasteiger partial charge in [-0.05, 0) is 48.5 Å². The molecule has 1 N–H and O–H groups in total. The number of thioether (sulfide) groups is 1. The molecule has 0 atom stereocenters. The molecule has 1 fully saturated rings. The van der Waals surface area contributed by atoms with Crippen LogP contribution in [0.2, 0.25) is 5.02 Å².